The fraction of sp³-hybridized carbons (Fsp3) is 0.290. The molecule has 0 N–H and O–H groups in total. The van der Waals surface area contributed by atoms with Crippen molar-refractivity contribution in [3.05, 3.63) is 90.0 Å². The third kappa shape index (κ3) is 4.18. The van der Waals surface area contributed by atoms with Gasteiger partial charge in [0, 0.05) is 36.6 Å². The van der Waals surface area contributed by atoms with Gasteiger partial charge in [-0.15, -0.1) is 10.2 Å². The lowest BCUT2D eigenvalue weighted by Gasteiger charge is -2.41. The molecule has 7 nitrogen and oxygen atoms in total. The molecule has 6 rings (SSSR count). The summed E-state index contributed by atoms with van der Waals surface area (Å²) in [5.74, 6) is 1.67. The van der Waals surface area contributed by atoms with Gasteiger partial charge in [-0.05, 0) is 44.0 Å². The Morgan fingerprint density at radius 3 is 2.53 bits per heavy atom. The van der Waals surface area contributed by atoms with Crippen LogP contribution in [0.15, 0.2) is 78.9 Å². The number of carbonyl (C=O) groups excluding carboxylic acids is 1. The minimum Gasteiger partial charge on any atom is -0.338 e. The van der Waals surface area contributed by atoms with Gasteiger partial charge in [0.25, 0.3) is 0 Å². The van der Waals surface area contributed by atoms with Gasteiger partial charge in [-0.3, -0.25) is 4.79 Å². The molecular formula is C31H32N6O. The highest BCUT2D eigenvalue weighted by Gasteiger charge is 2.33. The standard InChI is InChI=1S/C31H32N6O/c1-4-25(23-12-6-5-7-13-23)30(38)36-18-17-35(20-22(36)3)31-32-27-16-9-8-15-26(27)29-34-33-28(37(29)31)24-14-10-11-21(2)19-24/h5-16,19,22,25H,4,17-18,20H2,1-3H3/t22-,25+/m0/s1. The van der Waals surface area contributed by atoms with E-state index in [0.29, 0.717) is 19.6 Å². The average molecular weight is 505 g/mol. The van der Waals surface area contributed by atoms with Gasteiger partial charge in [-0.1, -0.05) is 73.2 Å². The van der Waals surface area contributed by atoms with E-state index >= 15 is 0 Å². The van der Waals surface area contributed by atoms with Gasteiger partial charge >= 0.3 is 0 Å². The summed E-state index contributed by atoms with van der Waals surface area (Å²) in [5, 5.41) is 10.2. The van der Waals surface area contributed by atoms with E-state index in [1.165, 1.54) is 5.56 Å². The van der Waals surface area contributed by atoms with E-state index in [9.17, 15) is 4.79 Å². The van der Waals surface area contributed by atoms with Crippen LogP contribution in [0.4, 0.5) is 5.95 Å². The number of rotatable bonds is 5. The second-order valence-corrected chi connectivity index (χ2v) is 10.2. The van der Waals surface area contributed by atoms with Gasteiger partial charge in [0.05, 0.1) is 11.4 Å². The zero-order valence-corrected chi connectivity index (χ0v) is 22.1. The summed E-state index contributed by atoms with van der Waals surface area (Å²) < 4.78 is 2.08. The SMILES string of the molecule is CC[C@@H](C(=O)N1CCN(c2nc3ccccc3c3nnc(-c4cccc(C)c4)n23)C[C@@H]1C)c1ccccc1. The molecular weight excluding hydrogens is 472 g/mol. The Hall–Kier alpha value is -4.26. The lowest BCUT2D eigenvalue weighted by Crippen LogP contribution is -2.55. The first kappa shape index (κ1) is 24.1. The molecule has 1 aliphatic heterocycles. The number of benzene rings is 3. The Morgan fingerprint density at radius 2 is 1.76 bits per heavy atom. The summed E-state index contributed by atoms with van der Waals surface area (Å²) in [6.07, 6.45) is 0.781. The molecule has 3 heterocycles. The molecule has 1 saturated heterocycles. The molecule has 0 saturated carbocycles. The summed E-state index contributed by atoms with van der Waals surface area (Å²) >= 11 is 0. The predicted molar refractivity (Wildman–Crippen MR) is 151 cm³/mol. The highest BCUT2D eigenvalue weighted by atomic mass is 16.2. The van der Waals surface area contributed by atoms with E-state index in [2.05, 4.69) is 70.6 Å². The van der Waals surface area contributed by atoms with E-state index in [-0.39, 0.29) is 17.9 Å². The minimum absolute atomic E-state index is 0.0382. The molecule has 38 heavy (non-hydrogen) atoms. The van der Waals surface area contributed by atoms with Crippen LogP contribution in [0.25, 0.3) is 27.9 Å². The molecule has 0 radical (unpaired) electrons. The molecule has 7 heteroatoms. The number of anilines is 1. The second-order valence-electron chi connectivity index (χ2n) is 10.2. The van der Waals surface area contributed by atoms with Crippen molar-refractivity contribution < 1.29 is 4.79 Å². The number of nitrogens with zero attached hydrogens (tertiary/aromatic N) is 6. The Bertz CT molecular complexity index is 1610. The van der Waals surface area contributed by atoms with Gasteiger partial charge in [0.15, 0.2) is 11.5 Å². The summed E-state index contributed by atoms with van der Waals surface area (Å²) in [5.41, 5.74) is 4.94. The van der Waals surface area contributed by atoms with Crippen LogP contribution >= 0.6 is 0 Å². The Morgan fingerprint density at radius 1 is 0.974 bits per heavy atom. The molecule has 1 fully saturated rings. The summed E-state index contributed by atoms with van der Waals surface area (Å²) in [7, 11) is 0. The van der Waals surface area contributed by atoms with Crippen LogP contribution in [0, 0.1) is 6.92 Å². The van der Waals surface area contributed by atoms with Crippen LogP contribution in [0.3, 0.4) is 0 Å². The van der Waals surface area contributed by atoms with Gasteiger partial charge in [-0.2, -0.15) is 0 Å². The molecule has 3 aromatic carbocycles. The average Bonchev–Trinajstić information content (AvgIpc) is 3.39. The minimum atomic E-state index is -0.124. The molecule has 1 aliphatic rings. The number of hydrogen-bond donors (Lipinski definition) is 0. The van der Waals surface area contributed by atoms with Crippen molar-refractivity contribution in [2.45, 2.75) is 39.2 Å². The van der Waals surface area contributed by atoms with Crippen LogP contribution in [-0.2, 0) is 4.79 Å². The molecule has 0 aliphatic carbocycles. The number of amides is 1. The predicted octanol–water partition coefficient (Wildman–Crippen LogP) is 5.48. The molecule has 2 aromatic heterocycles. The van der Waals surface area contributed by atoms with Gasteiger partial charge in [-0.25, -0.2) is 9.38 Å². The van der Waals surface area contributed by atoms with E-state index in [4.69, 9.17) is 4.98 Å². The van der Waals surface area contributed by atoms with E-state index in [0.717, 1.165) is 45.9 Å². The number of aryl methyl sites for hydroxylation is 1. The number of hydrogen-bond acceptors (Lipinski definition) is 5. The number of aromatic nitrogens is 4. The zero-order chi connectivity index (χ0) is 26.2. The fourth-order valence-corrected chi connectivity index (χ4v) is 5.65. The summed E-state index contributed by atoms with van der Waals surface area (Å²) in [4.78, 5) is 23.1. The molecule has 0 bridgehead atoms. The first-order chi connectivity index (χ1) is 18.5. The Labute approximate surface area is 222 Å². The third-order valence-corrected chi connectivity index (χ3v) is 7.61. The summed E-state index contributed by atoms with van der Waals surface area (Å²) in [6.45, 7) is 8.31. The van der Waals surface area contributed by atoms with Gasteiger partial charge in [0.2, 0.25) is 11.9 Å². The van der Waals surface area contributed by atoms with Crippen molar-refractivity contribution in [1.29, 1.82) is 0 Å². The van der Waals surface area contributed by atoms with Crippen LogP contribution in [0.1, 0.15) is 37.3 Å². The Balaban J connectivity index is 1.37. The van der Waals surface area contributed by atoms with Crippen molar-refractivity contribution >= 4 is 28.4 Å². The normalized spacial score (nSPS) is 16.8. The quantitative estimate of drug-likeness (QED) is 0.317. The Kier molecular flexibility index (Phi) is 6.27. The lowest BCUT2D eigenvalue weighted by atomic mass is 9.94. The van der Waals surface area contributed by atoms with Crippen molar-refractivity contribution in [3.8, 4) is 11.4 Å². The maximum Gasteiger partial charge on any atom is 0.230 e. The number of fused-ring (bicyclic) bond motifs is 3. The fourth-order valence-electron chi connectivity index (χ4n) is 5.65. The van der Waals surface area contributed by atoms with Crippen LogP contribution in [0.5, 0.6) is 0 Å². The van der Waals surface area contributed by atoms with Crippen molar-refractivity contribution in [1.82, 2.24) is 24.5 Å². The highest BCUT2D eigenvalue weighted by Crippen LogP contribution is 2.31. The first-order valence-electron chi connectivity index (χ1n) is 13.4. The molecule has 2 atom stereocenters. The lowest BCUT2D eigenvalue weighted by molar-refractivity contribution is -0.135. The molecule has 0 spiro atoms. The van der Waals surface area contributed by atoms with Crippen LogP contribution in [0.2, 0.25) is 0 Å². The van der Waals surface area contributed by atoms with Crippen molar-refractivity contribution in [2.24, 2.45) is 0 Å². The van der Waals surface area contributed by atoms with Crippen LogP contribution in [-0.4, -0.2) is 56.1 Å². The van der Waals surface area contributed by atoms with Gasteiger partial charge in [0.1, 0.15) is 0 Å². The second kappa shape index (κ2) is 9.89. The largest absolute Gasteiger partial charge is 0.338 e. The van der Waals surface area contributed by atoms with E-state index < -0.39 is 0 Å². The first-order valence-corrected chi connectivity index (χ1v) is 13.4. The third-order valence-electron chi connectivity index (χ3n) is 7.61. The topological polar surface area (TPSA) is 66.6 Å². The van der Waals surface area contributed by atoms with E-state index in [1.54, 1.807) is 0 Å². The number of carbonyl (C=O) groups is 1. The van der Waals surface area contributed by atoms with E-state index in [1.807, 2.05) is 53.4 Å². The zero-order valence-electron chi connectivity index (χ0n) is 22.1. The highest BCUT2D eigenvalue weighted by molar-refractivity contribution is 5.93. The number of piperazine rings is 1. The van der Waals surface area contributed by atoms with Crippen LogP contribution < -0.4 is 4.90 Å². The maximum atomic E-state index is 13.7. The van der Waals surface area contributed by atoms with Crippen molar-refractivity contribution in [2.75, 3.05) is 24.5 Å². The number of para-hydroxylation sites is 1. The molecule has 1 amide bonds. The maximum absolute atomic E-state index is 13.7. The summed E-state index contributed by atoms with van der Waals surface area (Å²) in [6, 6.07) is 26.6. The van der Waals surface area contributed by atoms with Crippen molar-refractivity contribution in [3.63, 3.8) is 0 Å². The van der Waals surface area contributed by atoms with Gasteiger partial charge < -0.3 is 9.80 Å². The molecule has 0 unspecified atom stereocenters. The monoisotopic (exact) mass is 504 g/mol. The molecule has 192 valence electrons. The smallest absolute Gasteiger partial charge is 0.230 e. The molecule has 5 aromatic rings.